The van der Waals surface area contributed by atoms with Gasteiger partial charge in [-0.3, -0.25) is 4.79 Å². The van der Waals surface area contributed by atoms with E-state index in [0.29, 0.717) is 0 Å². The quantitative estimate of drug-likeness (QED) is 0.862. The first-order chi connectivity index (χ1) is 8.66. The summed E-state index contributed by atoms with van der Waals surface area (Å²) in [6, 6.07) is 15.4. The minimum absolute atomic E-state index is 0.0229. The van der Waals surface area contributed by atoms with E-state index in [4.69, 9.17) is 5.11 Å². The number of anilines is 2. The number of benzene rings is 2. The van der Waals surface area contributed by atoms with Crippen LogP contribution in [-0.2, 0) is 11.2 Å². The van der Waals surface area contributed by atoms with E-state index in [1.54, 1.807) is 0 Å². The first-order valence-electron chi connectivity index (χ1n) is 5.79. The second-order valence-electron chi connectivity index (χ2n) is 4.17. The normalized spacial score (nSPS) is 10.1. The molecule has 2 rings (SSSR count). The van der Waals surface area contributed by atoms with Gasteiger partial charge in [-0.05, 0) is 30.2 Å². The maximum Gasteiger partial charge on any atom is 0.307 e. The number of carboxylic acids is 1. The number of rotatable bonds is 4. The fourth-order valence-electron chi connectivity index (χ4n) is 1.82. The van der Waals surface area contributed by atoms with Gasteiger partial charge < -0.3 is 10.4 Å². The molecule has 0 heterocycles. The van der Waals surface area contributed by atoms with E-state index in [2.05, 4.69) is 5.32 Å². The second-order valence-corrected chi connectivity index (χ2v) is 4.17. The Morgan fingerprint density at radius 3 is 2.33 bits per heavy atom. The van der Waals surface area contributed by atoms with Gasteiger partial charge in [0.15, 0.2) is 0 Å². The van der Waals surface area contributed by atoms with Crippen LogP contribution in [0.15, 0.2) is 48.5 Å². The summed E-state index contributed by atoms with van der Waals surface area (Å²) in [5.41, 5.74) is 3.75. The molecule has 0 saturated heterocycles. The van der Waals surface area contributed by atoms with Gasteiger partial charge in [0.05, 0.1) is 6.42 Å². The Bertz CT molecular complexity index is 564. The van der Waals surface area contributed by atoms with Gasteiger partial charge in [-0.15, -0.1) is 0 Å². The molecule has 2 aromatic carbocycles. The summed E-state index contributed by atoms with van der Waals surface area (Å²) in [6.45, 7) is 2.02. The molecule has 0 spiro atoms. The molecule has 0 aromatic heterocycles. The van der Waals surface area contributed by atoms with Crippen molar-refractivity contribution in [2.24, 2.45) is 0 Å². The van der Waals surface area contributed by atoms with Gasteiger partial charge in [-0.1, -0.05) is 36.4 Å². The summed E-state index contributed by atoms with van der Waals surface area (Å²) < 4.78 is 0. The predicted octanol–water partition coefficient (Wildman–Crippen LogP) is 3.37. The van der Waals surface area contributed by atoms with Gasteiger partial charge in [0.25, 0.3) is 0 Å². The lowest BCUT2D eigenvalue weighted by atomic mass is 10.1. The van der Waals surface area contributed by atoms with Gasteiger partial charge in [0, 0.05) is 11.4 Å². The van der Waals surface area contributed by atoms with Crippen molar-refractivity contribution in [1.82, 2.24) is 0 Å². The van der Waals surface area contributed by atoms with Gasteiger partial charge in [0.1, 0.15) is 0 Å². The molecule has 3 nitrogen and oxygen atoms in total. The van der Waals surface area contributed by atoms with Crippen LogP contribution < -0.4 is 5.32 Å². The Balaban J connectivity index is 2.29. The summed E-state index contributed by atoms with van der Waals surface area (Å²) >= 11 is 0. The lowest BCUT2D eigenvalue weighted by molar-refractivity contribution is -0.136. The van der Waals surface area contributed by atoms with Crippen LogP contribution in [-0.4, -0.2) is 11.1 Å². The van der Waals surface area contributed by atoms with Crippen LogP contribution in [0.5, 0.6) is 0 Å². The lowest BCUT2D eigenvalue weighted by Crippen LogP contribution is -2.04. The van der Waals surface area contributed by atoms with Crippen LogP contribution in [0.2, 0.25) is 0 Å². The molecule has 18 heavy (non-hydrogen) atoms. The van der Waals surface area contributed by atoms with Gasteiger partial charge in [-0.2, -0.15) is 0 Å². The monoisotopic (exact) mass is 241 g/mol. The molecule has 0 amide bonds. The van der Waals surface area contributed by atoms with Gasteiger partial charge in [0.2, 0.25) is 0 Å². The highest BCUT2D eigenvalue weighted by molar-refractivity contribution is 5.75. The molecule has 0 aliphatic rings. The van der Waals surface area contributed by atoms with Crippen LogP contribution in [0.4, 0.5) is 11.4 Å². The maximum atomic E-state index is 10.8. The molecular weight excluding hydrogens is 226 g/mol. The summed E-state index contributed by atoms with van der Waals surface area (Å²) in [7, 11) is 0. The Labute approximate surface area is 106 Å². The number of aryl methyl sites for hydroxylation is 1. The Kier molecular flexibility index (Phi) is 3.63. The second kappa shape index (κ2) is 5.36. The Morgan fingerprint density at radius 2 is 1.67 bits per heavy atom. The molecular formula is C15H15NO2. The number of carbonyl (C=O) groups is 1. The first-order valence-corrected chi connectivity index (χ1v) is 5.79. The third-order valence-electron chi connectivity index (χ3n) is 2.77. The van der Waals surface area contributed by atoms with E-state index in [9.17, 15) is 4.79 Å². The molecule has 0 fully saturated rings. The number of aliphatic carboxylic acids is 1. The summed E-state index contributed by atoms with van der Waals surface area (Å²) in [5, 5.41) is 12.2. The molecule has 0 unspecified atom stereocenters. The van der Waals surface area contributed by atoms with Crippen LogP contribution in [0.25, 0.3) is 0 Å². The molecule has 0 atom stereocenters. The topological polar surface area (TPSA) is 49.3 Å². The van der Waals surface area contributed by atoms with Crippen LogP contribution in [0.1, 0.15) is 11.1 Å². The van der Waals surface area contributed by atoms with Crippen molar-refractivity contribution in [1.29, 1.82) is 0 Å². The van der Waals surface area contributed by atoms with E-state index >= 15 is 0 Å². The third-order valence-corrected chi connectivity index (χ3v) is 2.77. The lowest BCUT2D eigenvalue weighted by Gasteiger charge is -2.12. The van der Waals surface area contributed by atoms with Crippen molar-refractivity contribution in [2.75, 3.05) is 5.32 Å². The average Bonchev–Trinajstić information content (AvgIpc) is 2.34. The zero-order valence-electron chi connectivity index (χ0n) is 10.2. The zero-order valence-corrected chi connectivity index (χ0v) is 10.2. The Morgan fingerprint density at radius 1 is 1.06 bits per heavy atom. The largest absolute Gasteiger partial charge is 0.481 e. The highest BCUT2D eigenvalue weighted by atomic mass is 16.4. The van der Waals surface area contributed by atoms with Crippen molar-refractivity contribution >= 4 is 17.3 Å². The van der Waals surface area contributed by atoms with Gasteiger partial charge >= 0.3 is 5.97 Å². The highest BCUT2D eigenvalue weighted by Gasteiger charge is 2.07. The third kappa shape index (κ3) is 2.88. The number of carboxylic acid groups (broad SMARTS) is 1. The van der Waals surface area contributed by atoms with E-state index < -0.39 is 5.97 Å². The SMILES string of the molecule is Cc1ccccc1Nc1ccccc1CC(=O)O. The minimum atomic E-state index is -0.825. The van der Waals surface area contributed by atoms with Crippen LogP contribution >= 0.6 is 0 Å². The number of para-hydroxylation sites is 2. The molecule has 2 aromatic rings. The van der Waals surface area contributed by atoms with Crippen LogP contribution in [0, 0.1) is 6.92 Å². The molecule has 3 heteroatoms. The van der Waals surface area contributed by atoms with E-state index in [1.165, 1.54) is 0 Å². The van der Waals surface area contributed by atoms with Crippen molar-refractivity contribution in [3.8, 4) is 0 Å². The summed E-state index contributed by atoms with van der Waals surface area (Å²) in [5.74, 6) is -0.825. The highest BCUT2D eigenvalue weighted by Crippen LogP contribution is 2.23. The Hall–Kier alpha value is -2.29. The number of nitrogens with one attached hydrogen (secondary N) is 1. The first kappa shape index (κ1) is 12.2. The van der Waals surface area contributed by atoms with E-state index in [0.717, 1.165) is 22.5 Å². The van der Waals surface area contributed by atoms with E-state index in [1.807, 2.05) is 55.5 Å². The predicted molar refractivity (Wildman–Crippen MR) is 72.2 cm³/mol. The number of hydrogen-bond donors (Lipinski definition) is 2. The van der Waals surface area contributed by atoms with E-state index in [-0.39, 0.29) is 6.42 Å². The fraction of sp³-hybridized carbons (Fsp3) is 0.133. The molecule has 92 valence electrons. The molecule has 0 saturated carbocycles. The molecule has 0 radical (unpaired) electrons. The maximum absolute atomic E-state index is 10.8. The standard InChI is InChI=1S/C15H15NO2/c1-11-6-2-4-8-13(11)16-14-9-5-3-7-12(14)10-15(17)18/h2-9,16H,10H2,1H3,(H,17,18). The fourth-order valence-corrected chi connectivity index (χ4v) is 1.82. The van der Waals surface area contributed by atoms with Crippen molar-refractivity contribution in [3.05, 3.63) is 59.7 Å². The summed E-state index contributed by atoms with van der Waals surface area (Å²) in [4.78, 5) is 10.8. The smallest absolute Gasteiger partial charge is 0.307 e. The van der Waals surface area contributed by atoms with Gasteiger partial charge in [-0.25, -0.2) is 0 Å². The molecule has 0 aliphatic heterocycles. The van der Waals surface area contributed by atoms with Crippen molar-refractivity contribution in [3.63, 3.8) is 0 Å². The zero-order chi connectivity index (χ0) is 13.0. The van der Waals surface area contributed by atoms with Crippen molar-refractivity contribution < 1.29 is 9.90 Å². The van der Waals surface area contributed by atoms with Crippen LogP contribution in [0.3, 0.4) is 0 Å². The molecule has 0 aliphatic carbocycles. The summed E-state index contributed by atoms with van der Waals surface area (Å²) in [6.07, 6.45) is 0.0229. The van der Waals surface area contributed by atoms with Crippen molar-refractivity contribution in [2.45, 2.75) is 13.3 Å². The molecule has 2 N–H and O–H groups in total. The average molecular weight is 241 g/mol. The number of hydrogen-bond acceptors (Lipinski definition) is 2. The minimum Gasteiger partial charge on any atom is -0.481 e. The molecule has 0 bridgehead atoms.